The molecule has 0 spiro atoms. The number of aromatic nitrogens is 4. The van der Waals surface area contributed by atoms with Gasteiger partial charge in [-0.05, 0) is 65.8 Å². The van der Waals surface area contributed by atoms with Gasteiger partial charge in [0.25, 0.3) is 0 Å². The zero-order valence-electron chi connectivity index (χ0n) is 21.9. The summed E-state index contributed by atoms with van der Waals surface area (Å²) in [6, 6.07) is 15.7. The summed E-state index contributed by atoms with van der Waals surface area (Å²) in [7, 11) is 0. The van der Waals surface area contributed by atoms with Gasteiger partial charge in [0.15, 0.2) is 5.78 Å². The molecule has 0 radical (unpaired) electrons. The van der Waals surface area contributed by atoms with E-state index in [1.807, 2.05) is 99.2 Å². The first-order chi connectivity index (χ1) is 17.3. The highest BCUT2D eigenvalue weighted by molar-refractivity contribution is 5.90. The molecule has 2 atom stereocenters. The van der Waals surface area contributed by atoms with Crippen LogP contribution in [0.1, 0.15) is 62.3 Å². The van der Waals surface area contributed by atoms with Crippen LogP contribution in [0.2, 0.25) is 0 Å². The van der Waals surface area contributed by atoms with Crippen LogP contribution in [0.4, 0.5) is 0 Å². The summed E-state index contributed by atoms with van der Waals surface area (Å²) in [5.41, 5.74) is 2.33. The normalized spacial score (nSPS) is 12.8. The van der Waals surface area contributed by atoms with Gasteiger partial charge in [-0.15, -0.1) is 0 Å². The maximum absolute atomic E-state index is 13.6. The van der Waals surface area contributed by atoms with E-state index < -0.39 is 11.8 Å². The molecule has 2 heterocycles. The van der Waals surface area contributed by atoms with Crippen LogP contribution in [0.25, 0.3) is 0 Å². The van der Waals surface area contributed by atoms with E-state index in [4.69, 9.17) is 9.47 Å². The molecular formula is C29H34N4O3. The summed E-state index contributed by atoms with van der Waals surface area (Å²) in [5.74, 6) is 3.25. The Kier molecular flexibility index (Phi) is 7.58. The van der Waals surface area contributed by atoms with Crippen molar-refractivity contribution in [2.24, 2.45) is 0 Å². The summed E-state index contributed by atoms with van der Waals surface area (Å²) < 4.78 is 16.0. The number of carbonyl (C=O) groups excluding carboxylic acids is 1. The standard InChI is InChI=1S/C29H34N4O3/c1-7-32-25(35-23-13-9-19(3)10-14-23)17-30-28(32)21(5)27(34)22(6)29-31-18-26(33(29)8-2)36-24-15-11-20(4)12-16-24/h9-18,21-22H,7-8H2,1-6H3. The molecule has 0 aliphatic rings. The van der Waals surface area contributed by atoms with E-state index >= 15 is 0 Å². The number of ketones is 1. The van der Waals surface area contributed by atoms with Crippen molar-refractivity contribution >= 4 is 5.78 Å². The van der Waals surface area contributed by atoms with Gasteiger partial charge in [0.2, 0.25) is 11.8 Å². The summed E-state index contributed by atoms with van der Waals surface area (Å²) in [6.45, 7) is 13.2. The predicted molar refractivity (Wildman–Crippen MR) is 140 cm³/mol. The van der Waals surface area contributed by atoms with Crippen LogP contribution in [-0.2, 0) is 17.9 Å². The Morgan fingerprint density at radius 3 is 1.42 bits per heavy atom. The second-order valence-electron chi connectivity index (χ2n) is 9.07. The first-order valence-electron chi connectivity index (χ1n) is 12.5. The van der Waals surface area contributed by atoms with Crippen molar-refractivity contribution in [3.05, 3.63) is 83.7 Å². The number of carbonyl (C=O) groups is 1. The first-order valence-corrected chi connectivity index (χ1v) is 12.5. The molecule has 4 aromatic rings. The lowest BCUT2D eigenvalue weighted by Crippen LogP contribution is -2.22. The van der Waals surface area contributed by atoms with Crippen LogP contribution in [0.15, 0.2) is 60.9 Å². The SMILES string of the molecule is CCn1c(Oc2ccc(C)cc2)cnc1C(C)C(=O)C(C)c1ncc(Oc2ccc(C)cc2)n1CC. The molecule has 0 saturated carbocycles. The van der Waals surface area contributed by atoms with Gasteiger partial charge in [-0.3, -0.25) is 13.9 Å². The van der Waals surface area contributed by atoms with Crippen LogP contribution in [0, 0.1) is 13.8 Å². The highest BCUT2D eigenvalue weighted by atomic mass is 16.5. The molecule has 0 N–H and O–H groups in total. The van der Waals surface area contributed by atoms with Gasteiger partial charge in [0.1, 0.15) is 23.1 Å². The van der Waals surface area contributed by atoms with Crippen LogP contribution in [0.5, 0.6) is 23.3 Å². The molecule has 4 rings (SSSR count). The molecule has 7 nitrogen and oxygen atoms in total. The van der Waals surface area contributed by atoms with E-state index in [2.05, 4.69) is 9.97 Å². The molecule has 188 valence electrons. The Morgan fingerprint density at radius 2 is 1.08 bits per heavy atom. The van der Waals surface area contributed by atoms with Crippen molar-refractivity contribution in [3.63, 3.8) is 0 Å². The third-order valence-electron chi connectivity index (χ3n) is 6.45. The molecule has 0 bridgehead atoms. The fourth-order valence-electron chi connectivity index (χ4n) is 4.32. The van der Waals surface area contributed by atoms with Crippen LogP contribution >= 0.6 is 0 Å². The maximum Gasteiger partial charge on any atom is 0.219 e. The molecule has 0 fully saturated rings. The lowest BCUT2D eigenvalue weighted by molar-refractivity contribution is -0.121. The van der Waals surface area contributed by atoms with E-state index in [-0.39, 0.29) is 5.78 Å². The summed E-state index contributed by atoms with van der Waals surface area (Å²) >= 11 is 0. The van der Waals surface area contributed by atoms with E-state index in [1.54, 1.807) is 12.4 Å². The van der Waals surface area contributed by atoms with E-state index in [1.165, 1.54) is 0 Å². The molecule has 7 heteroatoms. The van der Waals surface area contributed by atoms with Gasteiger partial charge in [0.05, 0.1) is 24.2 Å². The molecule has 0 aliphatic carbocycles. The zero-order chi connectivity index (χ0) is 25.8. The Balaban J connectivity index is 1.54. The molecule has 0 aliphatic heterocycles. The molecule has 2 unspecified atom stereocenters. The van der Waals surface area contributed by atoms with Crippen LogP contribution in [0.3, 0.4) is 0 Å². The minimum Gasteiger partial charge on any atom is -0.439 e. The van der Waals surface area contributed by atoms with Crippen LogP contribution in [-0.4, -0.2) is 24.9 Å². The monoisotopic (exact) mass is 486 g/mol. The minimum atomic E-state index is -0.432. The lowest BCUT2D eigenvalue weighted by atomic mass is 9.94. The van der Waals surface area contributed by atoms with Gasteiger partial charge in [-0.2, -0.15) is 0 Å². The average Bonchev–Trinajstić information content (AvgIpc) is 3.48. The van der Waals surface area contributed by atoms with Gasteiger partial charge in [-0.25, -0.2) is 9.97 Å². The number of ether oxygens (including phenoxy) is 2. The molecule has 36 heavy (non-hydrogen) atoms. The van der Waals surface area contributed by atoms with Crippen molar-refractivity contribution in [3.8, 4) is 23.3 Å². The molecule has 2 aromatic heterocycles. The molecule has 0 saturated heterocycles. The number of imidazole rings is 2. The van der Waals surface area contributed by atoms with Crippen molar-refractivity contribution < 1.29 is 14.3 Å². The topological polar surface area (TPSA) is 71.2 Å². The van der Waals surface area contributed by atoms with Gasteiger partial charge < -0.3 is 9.47 Å². The Labute approximate surface area is 212 Å². The third kappa shape index (κ3) is 5.20. The van der Waals surface area contributed by atoms with Gasteiger partial charge in [0, 0.05) is 13.1 Å². The van der Waals surface area contributed by atoms with E-state index in [0.29, 0.717) is 36.5 Å². The summed E-state index contributed by atoms with van der Waals surface area (Å²) in [6.07, 6.45) is 3.38. The van der Waals surface area contributed by atoms with Crippen LogP contribution < -0.4 is 9.47 Å². The second kappa shape index (κ2) is 10.8. The fourth-order valence-corrected chi connectivity index (χ4v) is 4.32. The quantitative estimate of drug-likeness (QED) is 0.247. The zero-order valence-corrected chi connectivity index (χ0v) is 21.9. The Bertz CT molecular complexity index is 1220. The molecule has 2 aromatic carbocycles. The molecule has 0 amide bonds. The number of rotatable bonds is 10. The van der Waals surface area contributed by atoms with Gasteiger partial charge in [-0.1, -0.05) is 35.4 Å². The third-order valence-corrected chi connectivity index (χ3v) is 6.45. The second-order valence-corrected chi connectivity index (χ2v) is 9.07. The lowest BCUT2D eigenvalue weighted by Gasteiger charge is -2.19. The smallest absolute Gasteiger partial charge is 0.219 e. The Hall–Kier alpha value is -3.87. The minimum absolute atomic E-state index is 0.0411. The van der Waals surface area contributed by atoms with Crippen molar-refractivity contribution in [1.29, 1.82) is 0 Å². The predicted octanol–water partition coefficient (Wildman–Crippen LogP) is 6.80. The Morgan fingerprint density at radius 1 is 0.722 bits per heavy atom. The van der Waals surface area contributed by atoms with Crippen molar-refractivity contribution in [2.45, 2.75) is 66.5 Å². The highest BCUT2D eigenvalue weighted by Crippen LogP contribution is 2.32. The number of benzene rings is 2. The number of aryl methyl sites for hydroxylation is 2. The van der Waals surface area contributed by atoms with Crippen molar-refractivity contribution in [1.82, 2.24) is 19.1 Å². The van der Waals surface area contributed by atoms with E-state index in [9.17, 15) is 4.79 Å². The summed E-state index contributed by atoms with van der Waals surface area (Å²) in [4.78, 5) is 22.7. The van der Waals surface area contributed by atoms with E-state index in [0.717, 1.165) is 22.6 Å². The highest BCUT2D eigenvalue weighted by Gasteiger charge is 2.30. The first kappa shape index (κ1) is 25.2. The van der Waals surface area contributed by atoms with Crippen molar-refractivity contribution in [2.75, 3.05) is 0 Å². The van der Waals surface area contributed by atoms with Gasteiger partial charge >= 0.3 is 0 Å². The number of nitrogens with zero attached hydrogens (tertiary/aromatic N) is 4. The fraction of sp³-hybridized carbons (Fsp3) is 0.345. The largest absolute Gasteiger partial charge is 0.439 e. The molecular weight excluding hydrogens is 452 g/mol. The average molecular weight is 487 g/mol. The number of Topliss-reactive ketones (excluding diaryl/α,β-unsaturated/α-hetero) is 1. The number of hydrogen-bond acceptors (Lipinski definition) is 5. The maximum atomic E-state index is 13.6. The summed E-state index contributed by atoms with van der Waals surface area (Å²) in [5, 5.41) is 0. The number of hydrogen-bond donors (Lipinski definition) is 0.